The Hall–Kier alpha value is -2.24. The zero-order valence-corrected chi connectivity index (χ0v) is 14.5. The van der Waals surface area contributed by atoms with E-state index in [4.69, 9.17) is 14.2 Å². The normalized spacial score (nSPS) is 20.1. The van der Waals surface area contributed by atoms with Crippen molar-refractivity contribution >= 4 is 11.9 Å². The topological polar surface area (TPSA) is 73.9 Å². The van der Waals surface area contributed by atoms with Crippen molar-refractivity contribution in [2.45, 2.75) is 38.6 Å². The fourth-order valence-corrected chi connectivity index (χ4v) is 3.03. The van der Waals surface area contributed by atoms with Crippen molar-refractivity contribution in [3.8, 4) is 11.5 Å². The zero-order valence-electron chi connectivity index (χ0n) is 14.5. The van der Waals surface area contributed by atoms with Gasteiger partial charge in [-0.05, 0) is 30.9 Å². The summed E-state index contributed by atoms with van der Waals surface area (Å²) in [5.74, 6) is 0.223. The maximum absolute atomic E-state index is 12.3. The minimum Gasteiger partial charge on any atom is -0.496 e. The summed E-state index contributed by atoms with van der Waals surface area (Å²) < 4.78 is 15.5. The van der Waals surface area contributed by atoms with Crippen LogP contribution in [0.2, 0.25) is 0 Å². The summed E-state index contributed by atoms with van der Waals surface area (Å²) in [5, 5.41) is 2.95. The van der Waals surface area contributed by atoms with Gasteiger partial charge < -0.3 is 19.5 Å². The highest BCUT2D eigenvalue weighted by Crippen LogP contribution is 2.29. The highest BCUT2D eigenvalue weighted by molar-refractivity contribution is 5.96. The van der Waals surface area contributed by atoms with Crippen molar-refractivity contribution < 1.29 is 23.8 Å². The van der Waals surface area contributed by atoms with Gasteiger partial charge in [-0.25, -0.2) is 4.79 Å². The SMILES string of the molecule is COc1cccc(OC)c1C(=O)OCC(=O)N[C@H]1CCCC[C@H]1C. The van der Waals surface area contributed by atoms with E-state index in [0.717, 1.165) is 19.3 Å². The van der Waals surface area contributed by atoms with Crippen molar-refractivity contribution in [2.75, 3.05) is 20.8 Å². The molecule has 0 aliphatic heterocycles. The molecule has 6 heteroatoms. The van der Waals surface area contributed by atoms with Gasteiger partial charge in [0.2, 0.25) is 0 Å². The molecule has 2 atom stereocenters. The number of hydrogen-bond acceptors (Lipinski definition) is 5. The quantitative estimate of drug-likeness (QED) is 0.809. The molecule has 0 aromatic heterocycles. The molecule has 1 saturated carbocycles. The van der Waals surface area contributed by atoms with Crippen LogP contribution in [0.3, 0.4) is 0 Å². The number of benzene rings is 1. The van der Waals surface area contributed by atoms with Crippen molar-refractivity contribution in [1.29, 1.82) is 0 Å². The van der Waals surface area contributed by atoms with Crippen LogP contribution < -0.4 is 14.8 Å². The van der Waals surface area contributed by atoms with E-state index in [9.17, 15) is 9.59 Å². The Bertz CT molecular complexity index is 565. The molecule has 6 nitrogen and oxygen atoms in total. The van der Waals surface area contributed by atoms with Gasteiger partial charge in [-0.2, -0.15) is 0 Å². The predicted octanol–water partition coefficient (Wildman–Crippen LogP) is 2.56. The molecule has 0 spiro atoms. The number of nitrogens with one attached hydrogen (secondary N) is 1. The molecule has 1 aliphatic rings. The number of methoxy groups -OCH3 is 2. The number of ether oxygens (including phenoxy) is 3. The van der Waals surface area contributed by atoms with Gasteiger partial charge in [-0.1, -0.05) is 25.8 Å². The Balaban J connectivity index is 1.94. The molecule has 1 amide bonds. The van der Waals surface area contributed by atoms with E-state index in [0.29, 0.717) is 17.4 Å². The number of esters is 1. The lowest BCUT2D eigenvalue weighted by atomic mass is 9.86. The number of carbonyl (C=O) groups excluding carboxylic acids is 2. The molecule has 2 rings (SSSR count). The van der Waals surface area contributed by atoms with Crippen LogP contribution in [-0.4, -0.2) is 38.7 Å². The van der Waals surface area contributed by atoms with Gasteiger partial charge in [0.25, 0.3) is 5.91 Å². The second kappa shape index (κ2) is 8.57. The largest absolute Gasteiger partial charge is 0.496 e. The van der Waals surface area contributed by atoms with Gasteiger partial charge in [0.05, 0.1) is 14.2 Å². The van der Waals surface area contributed by atoms with E-state index in [1.165, 1.54) is 20.6 Å². The standard InChI is InChI=1S/C18H25NO5/c1-12-7-4-5-8-13(12)19-16(20)11-24-18(21)17-14(22-2)9-6-10-15(17)23-3/h6,9-10,12-13H,4-5,7-8,11H2,1-3H3,(H,19,20)/t12-,13+/m1/s1. The third-order valence-electron chi connectivity index (χ3n) is 4.42. The molecule has 0 bridgehead atoms. The second-order valence-corrected chi connectivity index (χ2v) is 6.05. The molecular formula is C18H25NO5. The van der Waals surface area contributed by atoms with Crippen molar-refractivity contribution in [3.05, 3.63) is 23.8 Å². The fraction of sp³-hybridized carbons (Fsp3) is 0.556. The smallest absolute Gasteiger partial charge is 0.346 e. The molecule has 0 saturated heterocycles. The lowest BCUT2D eigenvalue weighted by molar-refractivity contribution is -0.125. The summed E-state index contributed by atoms with van der Waals surface area (Å²) in [7, 11) is 2.92. The van der Waals surface area contributed by atoms with Crippen LogP contribution in [0.1, 0.15) is 43.0 Å². The first-order valence-corrected chi connectivity index (χ1v) is 8.24. The Morgan fingerprint density at radius 2 is 1.75 bits per heavy atom. The van der Waals surface area contributed by atoms with E-state index in [1.54, 1.807) is 18.2 Å². The van der Waals surface area contributed by atoms with Crippen LogP contribution in [0, 0.1) is 5.92 Å². The monoisotopic (exact) mass is 335 g/mol. The summed E-state index contributed by atoms with van der Waals surface area (Å²) in [6.45, 7) is 1.82. The minimum atomic E-state index is -0.642. The van der Waals surface area contributed by atoms with Gasteiger partial charge in [0, 0.05) is 6.04 Å². The van der Waals surface area contributed by atoms with Gasteiger partial charge in [-0.15, -0.1) is 0 Å². The van der Waals surface area contributed by atoms with E-state index >= 15 is 0 Å². The first-order chi connectivity index (χ1) is 11.6. The molecule has 1 aromatic carbocycles. The van der Waals surface area contributed by atoms with Gasteiger partial charge in [0.1, 0.15) is 17.1 Å². The van der Waals surface area contributed by atoms with Gasteiger partial charge in [0.15, 0.2) is 6.61 Å². The Kier molecular flexibility index (Phi) is 6.46. The van der Waals surface area contributed by atoms with Crippen LogP contribution in [0.15, 0.2) is 18.2 Å². The number of rotatable bonds is 6. The molecule has 132 valence electrons. The molecular weight excluding hydrogens is 310 g/mol. The number of carbonyl (C=O) groups is 2. The highest BCUT2D eigenvalue weighted by atomic mass is 16.5. The third kappa shape index (κ3) is 4.40. The van der Waals surface area contributed by atoms with Crippen molar-refractivity contribution in [3.63, 3.8) is 0 Å². The Morgan fingerprint density at radius 3 is 2.33 bits per heavy atom. The molecule has 24 heavy (non-hydrogen) atoms. The second-order valence-electron chi connectivity index (χ2n) is 6.05. The predicted molar refractivity (Wildman–Crippen MR) is 89.4 cm³/mol. The molecule has 0 radical (unpaired) electrons. The van der Waals surface area contributed by atoms with Gasteiger partial charge in [-0.3, -0.25) is 4.79 Å². The summed E-state index contributed by atoms with van der Waals surface area (Å²) in [6, 6.07) is 5.16. The van der Waals surface area contributed by atoms with Gasteiger partial charge >= 0.3 is 5.97 Å². The van der Waals surface area contributed by atoms with Crippen molar-refractivity contribution in [2.24, 2.45) is 5.92 Å². The Morgan fingerprint density at radius 1 is 1.12 bits per heavy atom. The number of amides is 1. The summed E-state index contributed by atoms with van der Waals surface area (Å²) >= 11 is 0. The third-order valence-corrected chi connectivity index (χ3v) is 4.42. The van der Waals surface area contributed by atoms with Crippen LogP contribution in [0.5, 0.6) is 11.5 Å². The van der Waals surface area contributed by atoms with Crippen molar-refractivity contribution in [1.82, 2.24) is 5.32 Å². The van der Waals surface area contributed by atoms with E-state index < -0.39 is 5.97 Å². The van der Waals surface area contributed by atoms with E-state index in [1.807, 2.05) is 0 Å². The van der Waals surface area contributed by atoms with Crippen LogP contribution >= 0.6 is 0 Å². The lowest BCUT2D eigenvalue weighted by Gasteiger charge is -2.29. The average molecular weight is 335 g/mol. The van der Waals surface area contributed by atoms with E-state index in [-0.39, 0.29) is 24.1 Å². The summed E-state index contributed by atoms with van der Waals surface area (Å²) in [6.07, 6.45) is 4.41. The maximum atomic E-state index is 12.3. The molecule has 1 aliphatic carbocycles. The van der Waals surface area contributed by atoms with Crippen LogP contribution in [0.4, 0.5) is 0 Å². The first kappa shape index (κ1) is 18.1. The first-order valence-electron chi connectivity index (χ1n) is 8.24. The fourth-order valence-electron chi connectivity index (χ4n) is 3.03. The van der Waals surface area contributed by atoms with E-state index in [2.05, 4.69) is 12.2 Å². The maximum Gasteiger partial charge on any atom is 0.346 e. The zero-order chi connectivity index (χ0) is 17.5. The average Bonchev–Trinajstić information content (AvgIpc) is 2.60. The molecule has 0 unspecified atom stereocenters. The molecule has 1 fully saturated rings. The number of hydrogen-bond donors (Lipinski definition) is 1. The minimum absolute atomic E-state index is 0.158. The summed E-state index contributed by atoms with van der Waals surface area (Å²) in [5.41, 5.74) is 0.182. The molecule has 0 heterocycles. The molecule has 1 N–H and O–H groups in total. The highest BCUT2D eigenvalue weighted by Gasteiger charge is 2.24. The molecule has 1 aromatic rings. The van der Waals surface area contributed by atoms with Crippen LogP contribution in [0.25, 0.3) is 0 Å². The summed E-state index contributed by atoms with van der Waals surface area (Å²) in [4.78, 5) is 24.4. The Labute approximate surface area is 142 Å². The van der Waals surface area contributed by atoms with Crippen LogP contribution in [-0.2, 0) is 9.53 Å². The lowest BCUT2D eigenvalue weighted by Crippen LogP contribution is -2.42.